The van der Waals surface area contributed by atoms with Gasteiger partial charge in [0.15, 0.2) is 0 Å². The summed E-state index contributed by atoms with van der Waals surface area (Å²) < 4.78 is 15.2. The molecule has 5 N–H and O–H groups in total. The Morgan fingerprint density at radius 3 is 2.47 bits per heavy atom. The van der Waals surface area contributed by atoms with Crippen molar-refractivity contribution in [2.24, 2.45) is 0 Å². The molecular weight excluding hydrogens is 485 g/mol. The third-order valence-electron chi connectivity index (χ3n) is 5.37. The number of thiazole rings is 1. The molecule has 2 aromatic carbocycles. The zero-order chi connectivity index (χ0) is 25.9. The molecule has 0 fully saturated rings. The molecule has 2 heterocycles. The Bertz CT molecular complexity index is 1400. The number of rotatable bonds is 9. The first kappa shape index (κ1) is 25.0. The Hall–Kier alpha value is -4.09. The van der Waals surface area contributed by atoms with E-state index < -0.39 is 23.6 Å². The summed E-state index contributed by atoms with van der Waals surface area (Å²) >= 11 is 1.51. The highest BCUT2D eigenvalue weighted by Crippen LogP contribution is 2.28. The van der Waals surface area contributed by atoms with E-state index in [0.29, 0.717) is 17.2 Å². The summed E-state index contributed by atoms with van der Waals surface area (Å²) in [4.78, 5) is 32.6. The second-order valence-corrected chi connectivity index (χ2v) is 9.50. The molecule has 186 valence electrons. The van der Waals surface area contributed by atoms with E-state index in [9.17, 15) is 19.1 Å². The zero-order valence-corrected chi connectivity index (χ0v) is 20.3. The highest BCUT2D eigenvalue weighted by molar-refractivity contribution is 7.16. The van der Waals surface area contributed by atoms with Crippen LogP contribution in [0.5, 0.6) is 0 Å². The van der Waals surface area contributed by atoms with Crippen molar-refractivity contribution in [1.82, 2.24) is 15.3 Å². The fraction of sp³-hybridized carbons (Fsp3) is 0.200. The molecule has 0 spiro atoms. The van der Waals surface area contributed by atoms with Gasteiger partial charge in [-0.1, -0.05) is 0 Å². The van der Waals surface area contributed by atoms with Gasteiger partial charge in [0.2, 0.25) is 0 Å². The van der Waals surface area contributed by atoms with E-state index in [1.807, 2.05) is 18.2 Å². The number of carboxylic acids is 1. The molecule has 1 atom stereocenters. The molecule has 0 bridgehead atoms. The second-order valence-electron chi connectivity index (χ2n) is 8.61. The molecule has 9 nitrogen and oxygen atoms in total. The summed E-state index contributed by atoms with van der Waals surface area (Å²) in [7, 11) is 0. The topological polar surface area (TPSA) is 136 Å². The van der Waals surface area contributed by atoms with Gasteiger partial charge in [0.05, 0.1) is 44.7 Å². The van der Waals surface area contributed by atoms with Gasteiger partial charge < -0.3 is 26.2 Å². The number of hydrogen-bond donors (Lipinski definition) is 5. The van der Waals surface area contributed by atoms with Crippen LogP contribution in [0.2, 0.25) is 0 Å². The lowest BCUT2D eigenvalue weighted by molar-refractivity contribution is -0.00178. The maximum absolute atomic E-state index is 14.2. The van der Waals surface area contributed by atoms with E-state index in [2.05, 4.69) is 25.9 Å². The first-order valence-corrected chi connectivity index (χ1v) is 11.8. The normalized spacial score (nSPS) is 12.2. The van der Waals surface area contributed by atoms with E-state index >= 15 is 0 Å². The van der Waals surface area contributed by atoms with Crippen LogP contribution in [0.4, 0.5) is 27.3 Å². The molecule has 0 aliphatic rings. The molecule has 0 saturated carbocycles. The van der Waals surface area contributed by atoms with Gasteiger partial charge >= 0.3 is 5.97 Å². The molecule has 0 aliphatic heterocycles. The number of aromatic carboxylic acids is 1. The minimum atomic E-state index is -1.67. The van der Waals surface area contributed by atoms with E-state index in [-0.39, 0.29) is 17.7 Å². The average Bonchev–Trinajstić information content (AvgIpc) is 3.30. The fourth-order valence-corrected chi connectivity index (χ4v) is 3.98. The van der Waals surface area contributed by atoms with E-state index in [1.54, 1.807) is 23.7 Å². The largest absolute Gasteiger partial charge is 0.478 e. The Kier molecular flexibility index (Phi) is 7.13. The Labute approximate surface area is 210 Å². The lowest BCUT2D eigenvalue weighted by Crippen LogP contribution is -2.42. The molecule has 4 rings (SSSR count). The van der Waals surface area contributed by atoms with Crippen molar-refractivity contribution in [2.75, 3.05) is 17.2 Å². The smallest absolute Gasteiger partial charge is 0.335 e. The van der Waals surface area contributed by atoms with Crippen molar-refractivity contribution < 1.29 is 24.2 Å². The van der Waals surface area contributed by atoms with Gasteiger partial charge in [-0.25, -0.2) is 19.2 Å². The van der Waals surface area contributed by atoms with Crippen LogP contribution in [0.3, 0.4) is 0 Å². The van der Waals surface area contributed by atoms with E-state index in [1.165, 1.54) is 43.5 Å². The molecular formula is C25H24FN5O4S. The number of pyridine rings is 1. The Morgan fingerprint density at radius 1 is 1.06 bits per heavy atom. The number of halogens is 1. The Morgan fingerprint density at radius 2 is 1.78 bits per heavy atom. The van der Waals surface area contributed by atoms with Crippen LogP contribution in [0.15, 0.2) is 60.2 Å². The molecule has 11 heteroatoms. The second kappa shape index (κ2) is 10.3. The molecule has 36 heavy (non-hydrogen) atoms. The van der Waals surface area contributed by atoms with Crippen molar-refractivity contribution in [3.8, 4) is 0 Å². The van der Waals surface area contributed by atoms with Crippen molar-refractivity contribution in [1.29, 1.82) is 0 Å². The van der Waals surface area contributed by atoms with Gasteiger partial charge in [0.25, 0.3) is 5.91 Å². The maximum Gasteiger partial charge on any atom is 0.335 e. The SMILES string of the molecule is CC(C)(O)[C@H](F)CNC(=O)c1cnc(Nc2ccc3ncsc3c2)cc1Nc1ccc(C(=O)O)cc1. The summed E-state index contributed by atoms with van der Waals surface area (Å²) in [5.74, 6) is -1.20. The third kappa shape index (κ3) is 5.93. The van der Waals surface area contributed by atoms with E-state index in [0.717, 1.165) is 15.9 Å². The number of carbonyl (C=O) groups is 2. The van der Waals surface area contributed by atoms with E-state index in [4.69, 9.17) is 5.11 Å². The number of hydrogen-bond acceptors (Lipinski definition) is 8. The van der Waals surface area contributed by atoms with Crippen LogP contribution in [0.25, 0.3) is 10.2 Å². The number of alkyl halides is 1. The lowest BCUT2D eigenvalue weighted by Gasteiger charge is -2.22. The summed E-state index contributed by atoms with van der Waals surface area (Å²) in [5.41, 5.74) is 2.98. The number of benzene rings is 2. The van der Waals surface area contributed by atoms with Crippen LogP contribution in [-0.2, 0) is 0 Å². The van der Waals surface area contributed by atoms with Crippen LogP contribution in [-0.4, -0.2) is 50.4 Å². The number of nitrogens with zero attached hydrogens (tertiary/aromatic N) is 2. The summed E-state index contributed by atoms with van der Waals surface area (Å²) in [6.45, 7) is 2.26. The summed E-state index contributed by atoms with van der Waals surface area (Å²) in [6, 6.07) is 13.3. The highest BCUT2D eigenvalue weighted by Gasteiger charge is 2.27. The van der Waals surface area contributed by atoms with Gasteiger partial charge in [-0.3, -0.25) is 4.79 Å². The van der Waals surface area contributed by atoms with Crippen LogP contribution >= 0.6 is 11.3 Å². The monoisotopic (exact) mass is 509 g/mol. The van der Waals surface area contributed by atoms with Crippen molar-refractivity contribution in [3.05, 3.63) is 71.4 Å². The molecule has 2 aromatic heterocycles. The van der Waals surface area contributed by atoms with Crippen molar-refractivity contribution in [2.45, 2.75) is 25.6 Å². The molecule has 0 saturated heterocycles. The van der Waals surface area contributed by atoms with Gasteiger partial charge in [-0.15, -0.1) is 11.3 Å². The maximum atomic E-state index is 14.2. The predicted octanol–water partition coefficient (Wildman–Crippen LogP) is 4.72. The quantitative estimate of drug-likeness (QED) is 0.219. The Balaban J connectivity index is 1.61. The van der Waals surface area contributed by atoms with Gasteiger partial charge in [0.1, 0.15) is 12.0 Å². The van der Waals surface area contributed by atoms with Crippen molar-refractivity contribution >= 4 is 56.3 Å². The minimum Gasteiger partial charge on any atom is -0.478 e. The first-order valence-electron chi connectivity index (χ1n) is 11.0. The highest BCUT2D eigenvalue weighted by atomic mass is 32.1. The zero-order valence-electron chi connectivity index (χ0n) is 19.4. The number of aliphatic hydroxyl groups is 1. The van der Waals surface area contributed by atoms with Gasteiger partial charge in [-0.05, 0) is 56.3 Å². The van der Waals surface area contributed by atoms with Gasteiger partial charge in [-0.2, -0.15) is 0 Å². The number of anilines is 4. The lowest BCUT2D eigenvalue weighted by atomic mass is 10.0. The van der Waals surface area contributed by atoms with Crippen LogP contribution < -0.4 is 16.0 Å². The fourth-order valence-electron chi connectivity index (χ4n) is 3.27. The van der Waals surface area contributed by atoms with Crippen LogP contribution in [0.1, 0.15) is 34.6 Å². The number of aromatic nitrogens is 2. The number of amides is 1. The first-order chi connectivity index (χ1) is 17.1. The van der Waals surface area contributed by atoms with Crippen molar-refractivity contribution in [3.63, 3.8) is 0 Å². The molecule has 0 aliphatic carbocycles. The predicted molar refractivity (Wildman–Crippen MR) is 137 cm³/mol. The molecule has 1 amide bonds. The molecule has 0 unspecified atom stereocenters. The third-order valence-corrected chi connectivity index (χ3v) is 6.16. The molecule has 4 aromatic rings. The van der Waals surface area contributed by atoms with Crippen LogP contribution in [0, 0.1) is 0 Å². The summed E-state index contributed by atoms with van der Waals surface area (Å²) in [6.07, 6.45) is -0.314. The number of carbonyl (C=O) groups excluding carboxylic acids is 1. The number of nitrogens with one attached hydrogen (secondary N) is 3. The number of carboxylic acid groups (broad SMARTS) is 1. The minimum absolute atomic E-state index is 0.120. The standard InChI is InChI=1S/C25H24FN5O4S/c1-25(2,35)21(26)12-28-23(32)17-11-27-22(31-16-7-8-18-20(9-16)36-13-29-18)10-19(17)30-15-5-3-14(4-6-15)24(33)34/h3-11,13,21,35H,12H2,1-2H3,(H,28,32)(H,33,34)(H2,27,30,31)/t21-/m1/s1. The average molecular weight is 510 g/mol. The van der Waals surface area contributed by atoms with Gasteiger partial charge in [0, 0.05) is 23.6 Å². The molecule has 0 radical (unpaired) electrons. The summed E-state index contributed by atoms with van der Waals surface area (Å²) in [5, 5.41) is 27.7. The number of fused-ring (bicyclic) bond motifs is 1.